The van der Waals surface area contributed by atoms with Crippen molar-refractivity contribution in [2.24, 2.45) is 4.99 Å². The van der Waals surface area contributed by atoms with Gasteiger partial charge < -0.3 is 0 Å². The van der Waals surface area contributed by atoms with E-state index in [-0.39, 0.29) is 5.54 Å². The predicted molar refractivity (Wildman–Crippen MR) is 57.9 cm³/mol. The molecule has 1 heterocycles. The molecule has 2 heteroatoms. The zero-order chi connectivity index (χ0) is 9.19. The number of hydrogen-bond donors (Lipinski definition) is 0. The zero-order valence-corrected chi connectivity index (χ0v) is 8.74. The van der Waals surface area contributed by atoms with Gasteiger partial charge in [-0.1, -0.05) is 12.7 Å². The molecule has 0 fully saturated rings. The SMILES string of the molecule is C=CC1=NC(C)(C)CS/C1=C/C. The summed E-state index contributed by atoms with van der Waals surface area (Å²) in [6, 6.07) is 0. The van der Waals surface area contributed by atoms with E-state index >= 15 is 0 Å². The number of rotatable bonds is 1. The Morgan fingerprint density at radius 1 is 1.58 bits per heavy atom. The number of hydrogen-bond acceptors (Lipinski definition) is 2. The molecule has 0 N–H and O–H groups in total. The van der Waals surface area contributed by atoms with E-state index in [2.05, 4.69) is 31.5 Å². The molecule has 0 amide bonds. The van der Waals surface area contributed by atoms with E-state index in [0.29, 0.717) is 0 Å². The van der Waals surface area contributed by atoms with Crippen molar-refractivity contribution < 1.29 is 0 Å². The van der Waals surface area contributed by atoms with Crippen molar-refractivity contribution in [2.75, 3.05) is 5.75 Å². The maximum Gasteiger partial charge on any atom is 0.0707 e. The van der Waals surface area contributed by atoms with E-state index in [1.807, 2.05) is 24.8 Å². The lowest BCUT2D eigenvalue weighted by Crippen LogP contribution is -2.26. The van der Waals surface area contributed by atoms with Gasteiger partial charge in [-0.2, -0.15) is 0 Å². The molecule has 0 radical (unpaired) electrons. The normalized spacial score (nSPS) is 25.2. The monoisotopic (exact) mass is 181 g/mol. The van der Waals surface area contributed by atoms with Crippen LogP contribution in [0.15, 0.2) is 28.6 Å². The van der Waals surface area contributed by atoms with Gasteiger partial charge in [0, 0.05) is 10.7 Å². The molecule has 0 saturated carbocycles. The summed E-state index contributed by atoms with van der Waals surface area (Å²) < 4.78 is 0. The van der Waals surface area contributed by atoms with Crippen LogP contribution >= 0.6 is 11.8 Å². The van der Waals surface area contributed by atoms with Gasteiger partial charge >= 0.3 is 0 Å². The van der Waals surface area contributed by atoms with Crippen LogP contribution in [0, 0.1) is 0 Å². The van der Waals surface area contributed by atoms with E-state index in [1.165, 1.54) is 4.91 Å². The summed E-state index contributed by atoms with van der Waals surface area (Å²) in [4.78, 5) is 5.85. The highest BCUT2D eigenvalue weighted by Gasteiger charge is 2.23. The molecule has 0 aromatic carbocycles. The number of nitrogens with zero attached hydrogens (tertiary/aromatic N) is 1. The molecule has 1 rings (SSSR count). The topological polar surface area (TPSA) is 12.4 Å². The summed E-state index contributed by atoms with van der Waals surface area (Å²) >= 11 is 1.86. The fourth-order valence-corrected chi connectivity index (χ4v) is 2.14. The summed E-state index contributed by atoms with van der Waals surface area (Å²) in [5, 5.41) is 0. The Kier molecular flexibility index (Phi) is 2.78. The lowest BCUT2D eigenvalue weighted by molar-refractivity contribution is 0.594. The van der Waals surface area contributed by atoms with Crippen molar-refractivity contribution in [1.82, 2.24) is 0 Å². The second-order valence-corrected chi connectivity index (χ2v) is 4.47. The predicted octanol–water partition coefficient (Wildman–Crippen LogP) is 3.04. The van der Waals surface area contributed by atoms with Gasteiger partial charge in [0.1, 0.15) is 0 Å². The maximum atomic E-state index is 4.59. The van der Waals surface area contributed by atoms with Crippen molar-refractivity contribution in [1.29, 1.82) is 0 Å². The summed E-state index contributed by atoms with van der Waals surface area (Å²) in [6.07, 6.45) is 3.93. The Morgan fingerprint density at radius 3 is 2.75 bits per heavy atom. The third kappa shape index (κ3) is 2.01. The first-order chi connectivity index (χ1) is 5.59. The molecule has 0 spiro atoms. The standard InChI is InChI=1S/C10H15NS/c1-5-8-9(6-2)12-7-10(3,4)11-8/h5-6H,1,7H2,2-4H3/b9-6+. The largest absolute Gasteiger partial charge is 0.277 e. The minimum absolute atomic E-state index is 0.0701. The van der Waals surface area contributed by atoms with Crippen LogP contribution in [0.4, 0.5) is 0 Å². The Hall–Kier alpha value is -0.500. The van der Waals surface area contributed by atoms with Crippen LogP contribution in [0.1, 0.15) is 20.8 Å². The molecule has 0 bridgehead atoms. The minimum Gasteiger partial charge on any atom is -0.277 e. The van der Waals surface area contributed by atoms with Gasteiger partial charge in [0.05, 0.1) is 11.3 Å². The highest BCUT2D eigenvalue weighted by molar-refractivity contribution is 8.04. The molecule has 0 unspecified atom stereocenters. The number of allylic oxidation sites excluding steroid dienone is 3. The van der Waals surface area contributed by atoms with Crippen molar-refractivity contribution in [3.8, 4) is 0 Å². The second-order valence-electron chi connectivity index (χ2n) is 3.46. The van der Waals surface area contributed by atoms with Gasteiger partial charge in [0.25, 0.3) is 0 Å². The molecular formula is C10H15NS. The average Bonchev–Trinajstić information content (AvgIpc) is 2.03. The molecule has 0 aromatic heterocycles. The molecule has 1 aliphatic rings. The van der Waals surface area contributed by atoms with Crippen LogP contribution in [0.5, 0.6) is 0 Å². The third-order valence-electron chi connectivity index (χ3n) is 1.71. The molecular weight excluding hydrogens is 166 g/mol. The van der Waals surface area contributed by atoms with Gasteiger partial charge in [-0.05, 0) is 26.8 Å². The van der Waals surface area contributed by atoms with Crippen molar-refractivity contribution in [3.63, 3.8) is 0 Å². The van der Waals surface area contributed by atoms with Crippen LogP contribution in [-0.2, 0) is 0 Å². The second kappa shape index (κ2) is 3.48. The highest BCUT2D eigenvalue weighted by Crippen LogP contribution is 2.30. The van der Waals surface area contributed by atoms with Gasteiger partial charge in [0.15, 0.2) is 0 Å². The van der Waals surface area contributed by atoms with Crippen LogP contribution < -0.4 is 0 Å². The smallest absolute Gasteiger partial charge is 0.0707 e. The summed E-state index contributed by atoms with van der Waals surface area (Å²) in [6.45, 7) is 10.1. The molecule has 0 aliphatic carbocycles. The lowest BCUT2D eigenvalue weighted by atomic mass is 10.1. The van der Waals surface area contributed by atoms with E-state index in [1.54, 1.807) is 0 Å². The van der Waals surface area contributed by atoms with Crippen LogP contribution in [0.2, 0.25) is 0 Å². The number of thioether (sulfide) groups is 1. The van der Waals surface area contributed by atoms with Crippen LogP contribution in [-0.4, -0.2) is 17.0 Å². The van der Waals surface area contributed by atoms with Crippen LogP contribution in [0.3, 0.4) is 0 Å². The number of aliphatic imine (C=N–C) groups is 1. The van der Waals surface area contributed by atoms with E-state index in [9.17, 15) is 0 Å². The Balaban J connectivity index is 3.00. The fourth-order valence-electron chi connectivity index (χ4n) is 1.12. The quantitative estimate of drug-likeness (QED) is 0.605. The highest BCUT2D eigenvalue weighted by atomic mass is 32.2. The molecule has 0 atom stereocenters. The first kappa shape index (κ1) is 9.59. The summed E-state index contributed by atoms with van der Waals surface area (Å²) in [5.74, 6) is 1.06. The Labute approximate surface area is 78.7 Å². The summed E-state index contributed by atoms with van der Waals surface area (Å²) in [7, 11) is 0. The van der Waals surface area contributed by atoms with E-state index in [0.717, 1.165) is 11.5 Å². The van der Waals surface area contributed by atoms with Gasteiger partial charge in [0.2, 0.25) is 0 Å². The maximum absolute atomic E-state index is 4.59. The first-order valence-corrected chi connectivity index (χ1v) is 5.09. The molecule has 0 aromatic rings. The van der Waals surface area contributed by atoms with Crippen molar-refractivity contribution in [2.45, 2.75) is 26.3 Å². The van der Waals surface area contributed by atoms with Crippen LogP contribution in [0.25, 0.3) is 0 Å². The minimum atomic E-state index is 0.0701. The fraction of sp³-hybridized carbons (Fsp3) is 0.500. The van der Waals surface area contributed by atoms with Gasteiger partial charge in [-0.15, -0.1) is 11.8 Å². The first-order valence-electron chi connectivity index (χ1n) is 4.11. The Morgan fingerprint density at radius 2 is 2.25 bits per heavy atom. The molecule has 12 heavy (non-hydrogen) atoms. The zero-order valence-electron chi connectivity index (χ0n) is 7.92. The molecule has 0 saturated heterocycles. The molecule has 66 valence electrons. The molecule has 1 aliphatic heterocycles. The average molecular weight is 181 g/mol. The van der Waals surface area contributed by atoms with E-state index in [4.69, 9.17) is 0 Å². The third-order valence-corrected chi connectivity index (χ3v) is 3.32. The van der Waals surface area contributed by atoms with Gasteiger partial charge in [-0.3, -0.25) is 4.99 Å². The van der Waals surface area contributed by atoms with Crippen molar-refractivity contribution in [3.05, 3.63) is 23.6 Å². The molecule has 1 nitrogen and oxygen atoms in total. The Bertz CT molecular complexity index is 249. The van der Waals surface area contributed by atoms with Crippen molar-refractivity contribution >= 4 is 17.5 Å². The summed E-state index contributed by atoms with van der Waals surface area (Å²) in [5.41, 5.74) is 1.11. The van der Waals surface area contributed by atoms with Gasteiger partial charge in [-0.25, -0.2) is 0 Å². The van der Waals surface area contributed by atoms with E-state index < -0.39 is 0 Å². The lowest BCUT2D eigenvalue weighted by Gasteiger charge is -2.26.